The Morgan fingerprint density at radius 2 is 1.94 bits per heavy atom. The summed E-state index contributed by atoms with van der Waals surface area (Å²) in [5.41, 5.74) is 2.64. The molecular weight excluding hydrogens is 200 g/mol. The van der Waals surface area contributed by atoms with Gasteiger partial charge < -0.3 is 5.11 Å². The van der Waals surface area contributed by atoms with Crippen LogP contribution in [0.1, 0.15) is 59.5 Å². The molecule has 0 amide bonds. The number of hydrogen-bond acceptors (Lipinski definition) is 1. The Balaban J connectivity index is 2.23. The van der Waals surface area contributed by atoms with Gasteiger partial charge in [0, 0.05) is 0 Å². The summed E-state index contributed by atoms with van der Waals surface area (Å²) in [4.78, 5) is 10.9. The summed E-state index contributed by atoms with van der Waals surface area (Å²) >= 11 is 0. The number of carboxylic acids is 1. The minimum Gasteiger partial charge on any atom is -0.478 e. The molecule has 2 nitrogen and oxygen atoms in total. The molecule has 16 heavy (non-hydrogen) atoms. The van der Waals surface area contributed by atoms with Gasteiger partial charge in [0.1, 0.15) is 0 Å². The molecule has 1 saturated carbocycles. The summed E-state index contributed by atoms with van der Waals surface area (Å²) in [6.45, 7) is 1.88. The fourth-order valence-corrected chi connectivity index (χ4v) is 2.62. The van der Waals surface area contributed by atoms with Crippen molar-refractivity contribution < 1.29 is 9.90 Å². The van der Waals surface area contributed by atoms with Gasteiger partial charge in [0.25, 0.3) is 0 Å². The second kappa shape index (κ2) is 4.69. The van der Waals surface area contributed by atoms with E-state index in [1.807, 2.05) is 13.0 Å². The van der Waals surface area contributed by atoms with Crippen LogP contribution in [0, 0.1) is 6.92 Å². The number of hydrogen-bond donors (Lipinski definition) is 1. The number of carbonyl (C=O) groups is 1. The van der Waals surface area contributed by atoms with Crippen LogP contribution in [0.5, 0.6) is 0 Å². The van der Waals surface area contributed by atoms with Gasteiger partial charge in [0.05, 0.1) is 5.56 Å². The molecular formula is C14H18O2. The summed E-state index contributed by atoms with van der Waals surface area (Å²) in [6.07, 6.45) is 6.48. The molecule has 2 heteroatoms. The second-order valence-electron chi connectivity index (χ2n) is 4.71. The monoisotopic (exact) mass is 218 g/mol. The fraction of sp³-hybridized carbons (Fsp3) is 0.500. The molecule has 0 aliphatic heterocycles. The molecule has 1 fully saturated rings. The number of carboxylic acid groups (broad SMARTS) is 1. The highest BCUT2D eigenvalue weighted by atomic mass is 16.4. The van der Waals surface area contributed by atoms with Crippen molar-refractivity contribution >= 4 is 5.97 Å². The van der Waals surface area contributed by atoms with Crippen LogP contribution < -0.4 is 0 Å². The van der Waals surface area contributed by atoms with Gasteiger partial charge >= 0.3 is 5.97 Å². The molecule has 0 aromatic heterocycles. The van der Waals surface area contributed by atoms with Gasteiger partial charge in [0.15, 0.2) is 0 Å². The number of aryl methyl sites for hydroxylation is 1. The third-order valence-electron chi connectivity index (χ3n) is 3.56. The predicted molar refractivity (Wildman–Crippen MR) is 64.0 cm³/mol. The molecule has 1 aromatic rings. The van der Waals surface area contributed by atoms with Gasteiger partial charge in [-0.1, -0.05) is 31.4 Å². The molecule has 0 heterocycles. The summed E-state index contributed by atoms with van der Waals surface area (Å²) in [7, 11) is 0. The van der Waals surface area contributed by atoms with Crippen molar-refractivity contribution in [3.05, 3.63) is 34.9 Å². The van der Waals surface area contributed by atoms with E-state index in [0.29, 0.717) is 11.5 Å². The molecule has 1 aliphatic rings. The maximum absolute atomic E-state index is 10.9. The first-order valence-corrected chi connectivity index (χ1v) is 6.02. The van der Waals surface area contributed by atoms with Gasteiger partial charge in [-0.05, 0) is 42.9 Å². The van der Waals surface area contributed by atoms with Crippen LogP contribution in [0.25, 0.3) is 0 Å². The SMILES string of the molecule is Cc1cc(C2CCCCC2)ccc1C(=O)O. The molecule has 0 bridgehead atoms. The minimum atomic E-state index is -0.826. The molecule has 1 aromatic carbocycles. The van der Waals surface area contributed by atoms with Crippen molar-refractivity contribution in [1.29, 1.82) is 0 Å². The third-order valence-corrected chi connectivity index (χ3v) is 3.56. The average Bonchev–Trinajstić information content (AvgIpc) is 2.29. The quantitative estimate of drug-likeness (QED) is 0.821. The maximum atomic E-state index is 10.9. The minimum absolute atomic E-state index is 0.430. The van der Waals surface area contributed by atoms with Crippen LogP contribution in [0.4, 0.5) is 0 Å². The first kappa shape index (κ1) is 11.2. The van der Waals surface area contributed by atoms with Gasteiger partial charge in [-0.15, -0.1) is 0 Å². The van der Waals surface area contributed by atoms with E-state index in [1.54, 1.807) is 6.07 Å². The van der Waals surface area contributed by atoms with E-state index in [2.05, 4.69) is 6.07 Å². The van der Waals surface area contributed by atoms with Crippen LogP contribution in [0.2, 0.25) is 0 Å². The van der Waals surface area contributed by atoms with E-state index in [4.69, 9.17) is 5.11 Å². The van der Waals surface area contributed by atoms with Gasteiger partial charge in [-0.3, -0.25) is 0 Å². The van der Waals surface area contributed by atoms with E-state index in [9.17, 15) is 4.79 Å². The normalized spacial score (nSPS) is 17.3. The predicted octanol–water partition coefficient (Wildman–Crippen LogP) is 3.74. The van der Waals surface area contributed by atoms with E-state index in [0.717, 1.165) is 5.56 Å². The first-order chi connectivity index (χ1) is 7.68. The highest BCUT2D eigenvalue weighted by Gasteiger charge is 2.16. The van der Waals surface area contributed by atoms with E-state index < -0.39 is 5.97 Å². The molecule has 0 radical (unpaired) electrons. The van der Waals surface area contributed by atoms with E-state index in [1.165, 1.54) is 37.7 Å². The molecule has 0 unspecified atom stereocenters. The Kier molecular flexibility index (Phi) is 3.28. The molecule has 2 rings (SSSR count). The largest absolute Gasteiger partial charge is 0.478 e. The van der Waals surface area contributed by atoms with Crippen LogP contribution in [-0.4, -0.2) is 11.1 Å². The standard InChI is InChI=1S/C14H18O2/c1-10-9-12(7-8-13(10)14(15)16)11-5-3-2-4-6-11/h7-9,11H,2-6H2,1H3,(H,15,16). The molecule has 0 spiro atoms. The number of benzene rings is 1. The van der Waals surface area contributed by atoms with Crippen LogP contribution >= 0.6 is 0 Å². The van der Waals surface area contributed by atoms with Crippen molar-refractivity contribution in [3.8, 4) is 0 Å². The topological polar surface area (TPSA) is 37.3 Å². The zero-order valence-electron chi connectivity index (χ0n) is 9.70. The lowest BCUT2D eigenvalue weighted by Gasteiger charge is -2.22. The zero-order valence-corrected chi connectivity index (χ0v) is 9.70. The van der Waals surface area contributed by atoms with Crippen molar-refractivity contribution in [3.63, 3.8) is 0 Å². The lowest BCUT2D eigenvalue weighted by Crippen LogP contribution is -2.06. The Morgan fingerprint density at radius 3 is 2.50 bits per heavy atom. The van der Waals surface area contributed by atoms with Crippen molar-refractivity contribution in [1.82, 2.24) is 0 Å². The van der Waals surface area contributed by atoms with Crippen LogP contribution in [0.3, 0.4) is 0 Å². The lowest BCUT2D eigenvalue weighted by molar-refractivity contribution is 0.0696. The highest BCUT2D eigenvalue weighted by molar-refractivity contribution is 5.89. The van der Waals surface area contributed by atoms with E-state index >= 15 is 0 Å². The Labute approximate surface area is 96.3 Å². The molecule has 0 saturated heterocycles. The summed E-state index contributed by atoms with van der Waals surface area (Å²) in [5.74, 6) is -0.178. The zero-order chi connectivity index (χ0) is 11.5. The average molecular weight is 218 g/mol. The van der Waals surface area contributed by atoms with Crippen molar-refractivity contribution in [2.45, 2.75) is 44.9 Å². The first-order valence-electron chi connectivity index (χ1n) is 6.02. The van der Waals surface area contributed by atoms with Gasteiger partial charge in [0.2, 0.25) is 0 Å². The number of rotatable bonds is 2. The summed E-state index contributed by atoms with van der Waals surface area (Å²) in [6, 6.07) is 5.80. The molecule has 0 atom stereocenters. The van der Waals surface area contributed by atoms with Crippen LogP contribution in [0.15, 0.2) is 18.2 Å². The lowest BCUT2D eigenvalue weighted by atomic mass is 9.83. The third kappa shape index (κ3) is 2.26. The Hall–Kier alpha value is -1.31. The molecule has 1 aliphatic carbocycles. The van der Waals surface area contributed by atoms with E-state index in [-0.39, 0.29) is 0 Å². The summed E-state index contributed by atoms with van der Waals surface area (Å²) in [5, 5.41) is 8.97. The van der Waals surface area contributed by atoms with Gasteiger partial charge in [-0.25, -0.2) is 4.79 Å². The summed E-state index contributed by atoms with van der Waals surface area (Å²) < 4.78 is 0. The highest BCUT2D eigenvalue weighted by Crippen LogP contribution is 2.33. The maximum Gasteiger partial charge on any atom is 0.335 e. The smallest absolute Gasteiger partial charge is 0.335 e. The number of aromatic carboxylic acids is 1. The van der Waals surface area contributed by atoms with Gasteiger partial charge in [-0.2, -0.15) is 0 Å². The Morgan fingerprint density at radius 1 is 1.25 bits per heavy atom. The molecule has 1 N–H and O–H groups in total. The molecule has 86 valence electrons. The fourth-order valence-electron chi connectivity index (χ4n) is 2.62. The Bertz CT molecular complexity index is 390. The second-order valence-corrected chi connectivity index (χ2v) is 4.71. The van der Waals surface area contributed by atoms with Crippen molar-refractivity contribution in [2.24, 2.45) is 0 Å². The van der Waals surface area contributed by atoms with Crippen LogP contribution in [-0.2, 0) is 0 Å². The van der Waals surface area contributed by atoms with Crippen molar-refractivity contribution in [2.75, 3.05) is 0 Å².